The minimum Gasteiger partial charge on any atom is -0.322 e. The number of carbonyl (C=O) groups excluding carboxylic acids is 1. The number of amides is 1. The van der Waals surface area contributed by atoms with E-state index in [9.17, 15) is 13.2 Å². The van der Waals surface area contributed by atoms with E-state index in [2.05, 4.69) is 10.0 Å². The van der Waals surface area contributed by atoms with Gasteiger partial charge >= 0.3 is 0 Å². The van der Waals surface area contributed by atoms with Gasteiger partial charge in [-0.1, -0.05) is 31.2 Å². The Morgan fingerprint density at radius 3 is 2.24 bits per heavy atom. The smallest absolute Gasteiger partial charge is 0.261 e. The average Bonchev–Trinajstić information content (AvgIpc) is 2.71. The van der Waals surface area contributed by atoms with Gasteiger partial charge in [-0.25, -0.2) is 8.42 Å². The molecule has 5 nitrogen and oxygen atoms in total. The molecule has 0 radical (unpaired) electrons. The monoisotopic (exact) mass is 408 g/mol. The third-order valence-corrected chi connectivity index (χ3v) is 6.23. The summed E-state index contributed by atoms with van der Waals surface area (Å²) in [5.41, 5.74) is 4.79. The summed E-state index contributed by atoms with van der Waals surface area (Å²) in [5.74, 6) is -0.281. The molecule has 0 saturated heterocycles. The van der Waals surface area contributed by atoms with Gasteiger partial charge in [0, 0.05) is 16.9 Å². The van der Waals surface area contributed by atoms with Gasteiger partial charge < -0.3 is 5.32 Å². The van der Waals surface area contributed by atoms with Crippen LogP contribution < -0.4 is 10.0 Å². The van der Waals surface area contributed by atoms with Crippen molar-refractivity contribution in [3.8, 4) is 0 Å². The second-order valence-electron chi connectivity index (χ2n) is 6.89. The highest BCUT2D eigenvalue weighted by Crippen LogP contribution is 2.20. The lowest BCUT2D eigenvalue weighted by atomic mass is 10.1. The van der Waals surface area contributed by atoms with Gasteiger partial charge in [-0.15, -0.1) is 0 Å². The molecule has 1 amide bonds. The van der Waals surface area contributed by atoms with Crippen molar-refractivity contribution in [1.82, 2.24) is 0 Å². The Morgan fingerprint density at radius 2 is 1.59 bits per heavy atom. The minimum absolute atomic E-state index is 0.0984. The molecule has 3 aromatic rings. The van der Waals surface area contributed by atoms with E-state index >= 15 is 0 Å². The number of para-hydroxylation sites is 1. The van der Waals surface area contributed by atoms with Crippen LogP contribution in [0.25, 0.3) is 0 Å². The molecule has 0 unspecified atom stereocenters. The zero-order valence-electron chi connectivity index (χ0n) is 16.7. The van der Waals surface area contributed by atoms with Gasteiger partial charge in [0.05, 0.1) is 4.90 Å². The highest BCUT2D eigenvalue weighted by atomic mass is 32.2. The fourth-order valence-electron chi connectivity index (χ4n) is 2.95. The number of anilines is 2. The van der Waals surface area contributed by atoms with Crippen molar-refractivity contribution in [2.75, 3.05) is 10.0 Å². The van der Waals surface area contributed by atoms with Gasteiger partial charge in [0.15, 0.2) is 0 Å². The van der Waals surface area contributed by atoms with Gasteiger partial charge in [-0.2, -0.15) is 0 Å². The van der Waals surface area contributed by atoms with E-state index in [1.807, 2.05) is 51.1 Å². The van der Waals surface area contributed by atoms with E-state index in [1.165, 1.54) is 24.3 Å². The van der Waals surface area contributed by atoms with Crippen LogP contribution in [-0.2, 0) is 16.4 Å². The predicted octanol–water partition coefficient (Wildman–Crippen LogP) is 4.92. The maximum atomic E-state index is 12.6. The summed E-state index contributed by atoms with van der Waals surface area (Å²) in [6.07, 6.45) is 0.803. The van der Waals surface area contributed by atoms with E-state index in [4.69, 9.17) is 0 Å². The van der Waals surface area contributed by atoms with Crippen molar-refractivity contribution in [2.24, 2.45) is 0 Å². The number of nitrogens with one attached hydrogen (secondary N) is 2. The second kappa shape index (κ2) is 8.49. The number of sulfonamides is 1. The van der Waals surface area contributed by atoms with Crippen LogP contribution in [0.15, 0.2) is 71.6 Å². The summed E-state index contributed by atoms with van der Waals surface area (Å²) < 4.78 is 27.9. The Hall–Kier alpha value is -3.12. The number of hydrogen-bond donors (Lipinski definition) is 2. The first-order valence-corrected chi connectivity index (χ1v) is 10.9. The van der Waals surface area contributed by atoms with Crippen molar-refractivity contribution < 1.29 is 13.2 Å². The van der Waals surface area contributed by atoms with Crippen LogP contribution in [0.1, 0.15) is 34.0 Å². The molecule has 0 fully saturated rings. The molecule has 0 aromatic heterocycles. The van der Waals surface area contributed by atoms with Gasteiger partial charge in [0.1, 0.15) is 0 Å². The van der Waals surface area contributed by atoms with Crippen LogP contribution in [-0.4, -0.2) is 14.3 Å². The van der Waals surface area contributed by atoms with Gasteiger partial charge in [0.25, 0.3) is 15.9 Å². The zero-order chi connectivity index (χ0) is 21.0. The minimum atomic E-state index is -3.74. The molecule has 150 valence electrons. The maximum absolute atomic E-state index is 12.6. The quantitative estimate of drug-likeness (QED) is 0.608. The van der Waals surface area contributed by atoms with Crippen molar-refractivity contribution >= 4 is 27.3 Å². The van der Waals surface area contributed by atoms with Gasteiger partial charge in [-0.3, -0.25) is 9.52 Å². The Morgan fingerprint density at radius 1 is 0.897 bits per heavy atom. The SMILES string of the molecule is CCc1ccccc1NC(=O)c1ccc(S(=O)(=O)Nc2ccc(C)c(C)c2)cc1. The molecule has 0 heterocycles. The largest absolute Gasteiger partial charge is 0.322 e. The van der Waals surface area contributed by atoms with E-state index in [0.717, 1.165) is 28.8 Å². The first-order valence-electron chi connectivity index (χ1n) is 9.39. The van der Waals surface area contributed by atoms with Crippen molar-refractivity contribution in [3.63, 3.8) is 0 Å². The molecule has 0 spiro atoms. The zero-order valence-corrected chi connectivity index (χ0v) is 17.5. The van der Waals surface area contributed by atoms with Crippen molar-refractivity contribution in [2.45, 2.75) is 32.1 Å². The van der Waals surface area contributed by atoms with Crippen LogP contribution in [0.2, 0.25) is 0 Å². The summed E-state index contributed by atoms with van der Waals surface area (Å²) in [6.45, 7) is 5.92. The van der Waals surface area contributed by atoms with Gasteiger partial charge in [-0.05, 0) is 79.4 Å². The topological polar surface area (TPSA) is 75.3 Å². The van der Waals surface area contributed by atoms with Crippen LogP contribution in [0, 0.1) is 13.8 Å². The van der Waals surface area contributed by atoms with Crippen LogP contribution >= 0.6 is 0 Å². The fraction of sp³-hybridized carbons (Fsp3) is 0.174. The number of carbonyl (C=O) groups is 1. The molecular weight excluding hydrogens is 384 g/mol. The number of benzene rings is 3. The lowest BCUT2D eigenvalue weighted by molar-refractivity contribution is 0.102. The third-order valence-electron chi connectivity index (χ3n) is 4.83. The van der Waals surface area contributed by atoms with Crippen molar-refractivity contribution in [3.05, 3.63) is 89.0 Å². The Kier molecular flexibility index (Phi) is 6.03. The van der Waals surface area contributed by atoms with Crippen LogP contribution in [0.5, 0.6) is 0 Å². The molecule has 0 aliphatic rings. The molecule has 3 rings (SSSR count). The van der Waals surface area contributed by atoms with E-state index in [0.29, 0.717) is 11.3 Å². The molecule has 3 aromatic carbocycles. The Balaban J connectivity index is 1.76. The van der Waals surface area contributed by atoms with Crippen molar-refractivity contribution in [1.29, 1.82) is 0 Å². The molecule has 0 saturated carbocycles. The molecule has 0 bridgehead atoms. The number of hydrogen-bond acceptors (Lipinski definition) is 3. The van der Waals surface area contributed by atoms with E-state index < -0.39 is 10.0 Å². The number of rotatable bonds is 6. The molecule has 0 aliphatic carbocycles. The average molecular weight is 409 g/mol. The molecular formula is C23H24N2O3S. The lowest BCUT2D eigenvalue weighted by Gasteiger charge is -2.11. The summed E-state index contributed by atoms with van der Waals surface area (Å²) in [7, 11) is -3.74. The molecule has 29 heavy (non-hydrogen) atoms. The number of aryl methyl sites for hydroxylation is 3. The maximum Gasteiger partial charge on any atom is 0.261 e. The third kappa shape index (κ3) is 4.84. The van der Waals surface area contributed by atoms with Crippen LogP contribution in [0.4, 0.5) is 11.4 Å². The molecule has 2 N–H and O–H groups in total. The summed E-state index contributed by atoms with van der Waals surface area (Å²) in [5, 5.41) is 2.88. The predicted molar refractivity (Wildman–Crippen MR) is 117 cm³/mol. The van der Waals surface area contributed by atoms with Crippen LogP contribution in [0.3, 0.4) is 0 Å². The summed E-state index contributed by atoms with van der Waals surface area (Å²) in [6, 6.07) is 18.9. The first kappa shape index (κ1) is 20.6. The standard InChI is InChI=1S/C23H24N2O3S/c1-4-18-7-5-6-8-22(18)24-23(26)19-10-13-21(14-11-19)29(27,28)25-20-12-9-16(2)17(3)15-20/h5-15,25H,4H2,1-3H3,(H,24,26). The highest BCUT2D eigenvalue weighted by molar-refractivity contribution is 7.92. The Labute approximate surface area is 171 Å². The summed E-state index contributed by atoms with van der Waals surface area (Å²) in [4.78, 5) is 12.6. The molecule has 0 aliphatic heterocycles. The molecule has 6 heteroatoms. The first-order chi connectivity index (χ1) is 13.8. The second-order valence-corrected chi connectivity index (χ2v) is 8.58. The van der Waals surface area contributed by atoms with E-state index in [-0.39, 0.29) is 10.8 Å². The molecule has 0 atom stereocenters. The van der Waals surface area contributed by atoms with E-state index in [1.54, 1.807) is 12.1 Å². The Bertz CT molecular complexity index is 1140. The normalized spacial score (nSPS) is 11.1. The lowest BCUT2D eigenvalue weighted by Crippen LogP contribution is -2.15. The van der Waals surface area contributed by atoms with Gasteiger partial charge in [0.2, 0.25) is 0 Å². The highest BCUT2D eigenvalue weighted by Gasteiger charge is 2.16. The fourth-order valence-corrected chi connectivity index (χ4v) is 4.00. The summed E-state index contributed by atoms with van der Waals surface area (Å²) >= 11 is 0.